The molecular formula is C27H24ClF2N5O3. The first-order valence-corrected chi connectivity index (χ1v) is 12.4. The molecule has 196 valence electrons. The zero-order valence-corrected chi connectivity index (χ0v) is 21.1. The molecule has 4 aromatic rings. The van der Waals surface area contributed by atoms with Gasteiger partial charge >= 0.3 is 12.2 Å². The Hall–Kier alpha value is -4.05. The van der Waals surface area contributed by atoms with Crippen LogP contribution >= 0.6 is 11.6 Å². The van der Waals surface area contributed by atoms with Crippen molar-refractivity contribution in [3.05, 3.63) is 81.6 Å². The number of alkyl halides is 2. The van der Waals surface area contributed by atoms with Gasteiger partial charge in [-0.25, -0.2) is 9.48 Å². The molecule has 0 aliphatic carbocycles. The molecule has 0 unspecified atom stereocenters. The number of nitrogens with zero attached hydrogens (tertiary/aromatic N) is 3. The molecule has 38 heavy (non-hydrogen) atoms. The zero-order valence-electron chi connectivity index (χ0n) is 20.3. The number of benzene rings is 1. The number of hydrogen-bond acceptors (Lipinski definition) is 6. The van der Waals surface area contributed by atoms with Crippen LogP contribution in [0.1, 0.15) is 49.9 Å². The molecule has 5 rings (SSSR count). The van der Waals surface area contributed by atoms with E-state index in [0.29, 0.717) is 57.0 Å². The normalized spacial score (nSPS) is 17.9. The fraction of sp³-hybridized carbons (Fsp3) is 0.259. The molecule has 8 nitrogen and oxygen atoms in total. The number of amides is 1. The average molecular weight is 540 g/mol. The molecule has 1 aliphatic rings. The van der Waals surface area contributed by atoms with Gasteiger partial charge in [-0.1, -0.05) is 24.9 Å². The highest BCUT2D eigenvalue weighted by atomic mass is 35.5. The van der Waals surface area contributed by atoms with Crippen molar-refractivity contribution < 1.29 is 18.0 Å². The highest BCUT2D eigenvalue weighted by Gasteiger charge is 2.27. The largest absolute Gasteiger partial charge is 0.422 e. The average Bonchev–Trinajstić information content (AvgIpc) is 3.31. The fourth-order valence-corrected chi connectivity index (χ4v) is 4.90. The topological polar surface area (TPSA) is 116 Å². The molecule has 0 fully saturated rings. The number of carbonyl (C=O) groups is 1. The van der Waals surface area contributed by atoms with Gasteiger partial charge in [0.05, 0.1) is 17.6 Å². The minimum Gasteiger partial charge on any atom is -0.422 e. The van der Waals surface area contributed by atoms with Gasteiger partial charge < -0.3 is 15.5 Å². The number of nitrogens with one attached hydrogen (secondary N) is 1. The van der Waals surface area contributed by atoms with Crippen LogP contribution in [0.2, 0.25) is 5.02 Å². The van der Waals surface area contributed by atoms with E-state index in [0.717, 1.165) is 0 Å². The summed E-state index contributed by atoms with van der Waals surface area (Å²) in [5.74, 6) is -0.925. The molecule has 0 radical (unpaired) electrons. The van der Waals surface area contributed by atoms with Crippen LogP contribution in [0.5, 0.6) is 0 Å². The monoisotopic (exact) mass is 539 g/mol. The van der Waals surface area contributed by atoms with E-state index in [1.807, 2.05) is 0 Å². The number of aromatic nitrogens is 3. The van der Waals surface area contributed by atoms with Crippen LogP contribution in [0.4, 0.5) is 20.2 Å². The minimum absolute atomic E-state index is 0.0577. The zero-order chi connectivity index (χ0) is 27.0. The van der Waals surface area contributed by atoms with E-state index in [9.17, 15) is 18.4 Å². The Morgan fingerprint density at radius 2 is 1.97 bits per heavy atom. The molecule has 4 heterocycles. The first kappa shape index (κ1) is 25.6. The second-order valence-corrected chi connectivity index (χ2v) is 9.68. The summed E-state index contributed by atoms with van der Waals surface area (Å²) >= 11 is 6.10. The first-order valence-electron chi connectivity index (χ1n) is 12.0. The SMILES string of the molecule is C[C@@H]1CCC[C@H](c2ccc(-c3cc(Cl)ccc3N)oc2=O)c2cc(ccn2)-c2c(cnn2C(F)F)NC1=O. The molecule has 2 atom stereocenters. The van der Waals surface area contributed by atoms with Crippen LogP contribution in [-0.4, -0.2) is 20.7 Å². The van der Waals surface area contributed by atoms with Gasteiger partial charge in [0.1, 0.15) is 5.76 Å². The maximum absolute atomic E-state index is 13.8. The van der Waals surface area contributed by atoms with E-state index in [1.54, 1.807) is 49.4 Å². The van der Waals surface area contributed by atoms with Crippen LogP contribution in [0, 0.1) is 5.92 Å². The van der Waals surface area contributed by atoms with E-state index in [4.69, 9.17) is 21.8 Å². The number of nitrogens with two attached hydrogens (primary N) is 1. The number of rotatable bonds is 3. The number of fused-ring (bicyclic) bond motifs is 4. The summed E-state index contributed by atoms with van der Waals surface area (Å²) in [4.78, 5) is 30.5. The Bertz CT molecular complexity index is 1570. The maximum Gasteiger partial charge on any atom is 0.340 e. The number of nitrogen functional groups attached to an aromatic ring is 1. The summed E-state index contributed by atoms with van der Waals surface area (Å²) in [6.07, 6.45) is 4.31. The minimum atomic E-state index is -2.92. The van der Waals surface area contributed by atoms with Gasteiger partial charge in [-0.15, -0.1) is 0 Å². The second-order valence-electron chi connectivity index (χ2n) is 9.25. The molecule has 0 saturated heterocycles. The van der Waals surface area contributed by atoms with Gasteiger partial charge in [-0.3, -0.25) is 9.78 Å². The predicted molar refractivity (Wildman–Crippen MR) is 140 cm³/mol. The Balaban J connectivity index is 1.62. The fourth-order valence-electron chi connectivity index (χ4n) is 4.72. The third kappa shape index (κ3) is 4.91. The summed E-state index contributed by atoms with van der Waals surface area (Å²) in [5.41, 5.74) is 7.87. The summed E-state index contributed by atoms with van der Waals surface area (Å²) in [5, 5.41) is 6.97. The third-order valence-electron chi connectivity index (χ3n) is 6.74. The van der Waals surface area contributed by atoms with Crippen molar-refractivity contribution in [1.29, 1.82) is 0 Å². The van der Waals surface area contributed by atoms with Crippen molar-refractivity contribution >= 4 is 28.9 Å². The molecule has 1 aliphatic heterocycles. The molecular weight excluding hydrogens is 516 g/mol. The van der Waals surface area contributed by atoms with Gasteiger partial charge in [0.25, 0.3) is 0 Å². The predicted octanol–water partition coefficient (Wildman–Crippen LogP) is 6.09. The third-order valence-corrected chi connectivity index (χ3v) is 6.97. The molecule has 0 spiro atoms. The van der Waals surface area contributed by atoms with E-state index in [-0.39, 0.29) is 23.0 Å². The number of halogens is 3. The molecule has 1 amide bonds. The van der Waals surface area contributed by atoms with Crippen molar-refractivity contribution in [3.8, 4) is 22.6 Å². The van der Waals surface area contributed by atoms with Gasteiger partial charge in [0, 0.05) is 51.1 Å². The summed E-state index contributed by atoms with van der Waals surface area (Å²) in [6, 6.07) is 11.4. The molecule has 2 bridgehead atoms. The highest BCUT2D eigenvalue weighted by Crippen LogP contribution is 2.36. The first-order chi connectivity index (χ1) is 18.2. The van der Waals surface area contributed by atoms with E-state index >= 15 is 0 Å². The van der Waals surface area contributed by atoms with Crippen LogP contribution in [0.15, 0.2) is 64.1 Å². The van der Waals surface area contributed by atoms with Gasteiger partial charge in [-0.05, 0) is 55.3 Å². The van der Waals surface area contributed by atoms with Crippen LogP contribution in [-0.2, 0) is 4.79 Å². The number of hydrogen-bond donors (Lipinski definition) is 2. The Morgan fingerprint density at radius 3 is 2.74 bits per heavy atom. The lowest BCUT2D eigenvalue weighted by Gasteiger charge is -2.20. The van der Waals surface area contributed by atoms with Crippen molar-refractivity contribution in [2.45, 2.75) is 38.7 Å². The molecule has 0 saturated carbocycles. The standard InChI is InChI=1S/C27H24ClF2N5O3/c1-14-3-2-4-17(18-6-8-23(38-26(18)37)19-12-16(28)5-7-20(19)31)21-11-15(9-10-32-21)24-22(34-25(14)36)13-33-35(24)27(29)30/h5-14,17,27H,2-4,31H2,1H3,(H,34,36)/t14-,17-/m1/s1. The van der Waals surface area contributed by atoms with Gasteiger partial charge in [0.2, 0.25) is 5.91 Å². The van der Waals surface area contributed by atoms with Gasteiger partial charge in [-0.2, -0.15) is 13.9 Å². The van der Waals surface area contributed by atoms with Crippen LogP contribution < -0.4 is 16.7 Å². The Labute approximate surface area is 221 Å². The van der Waals surface area contributed by atoms with E-state index in [2.05, 4.69) is 15.4 Å². The molecule has 11 heteroatoms. The van der Waals surface area contributed by atoms with Crippen LogP contribution in [0.3, 0.4) is 0 Å². The molecule has 3 N–H and O–H groups in total. The van der Waals surface area contributed by atoms with E-state index in [1.165, 1.54) is 12.4 Å². The maximum atomic E-state index is 13.8. The highest BCUT2D eigenvalue weighted by molar-refractivity contribution is 6.31. The molecule has 3 aromatic heterocycles. The lowest BCUT2D eigenvalue weighted by atomic mass is 9.88. The number of pyridine rings is 1. The smallest absolute Gasteiger partial charge is 0.340 e. The lowest BCUT2D eigenvalue weighted by molar-refractivity contribution is -0.119. The lowest BCUT2D eigenvalue weighted by Crippen LogP contribution is -2.22. The number of carbonyl (C=O) groups excluding carboxylic acids is 1. The summed E-state index contributed by atoms with van der Waals surface area (Å²) in [7, 11) is 0. The van der Waals surface area contributed by atoms with Gasteiger partial charge in [0.15, 0.2) is 0 Å². The van der Waals surface area contributed by atoms with E-state index < -0.39 is 24.0 Å². The van der Waals surface area contributed by atoms with Crippen molar-refractivity contribution in [3.63, 3.8) is 0 Å². The summed E-state index contributed by atoms with van der Waals surface area (Å²) in [6.45, 7) is -1.16. The number of anilines is 2. The summed E-state index contributed by atoms with van der Waals surface area (Å²) < 4.78 is 33.8. The Kier molecular flexibility index (Phi) is 6.98. The molecule has 1 aromatic carbocycles. The van der Waals surface area contributed by atoms with Crippen molar-refractivity contribution in [1.82, 2.24) is 14.8 Å². The Morgan fingerprint density at radius 1 is 1.16 bits per heavy atom. The van der Waals surface area contributed by atoms with Crippen molar-refractivity contribution in [2.24, 2.45) is 5.92 Å². The van der Waals surface area contributed by atoms with Crippen molar-refractivity contribution in [2.75, 3.05) is 11.1 Å². The quantitative estimate of drug-likeness (QED) is 0.304. The second kappa shape index (κ2) is 10.4. The van der Waals surface area contributed by atoms with Crippen LogP contribution in [0.25, 0.3) is 22.6 Å².